The fourth-order valence-electron chi connectivity index (χ4n) is 3.01. The van der Waals surface area contributed by atoms with Gasteiger partial charge in [-0.15, -0.1) is 11.3 Å². The van der Waals surface area contributed by atoms with Crippen LogP contribution in [-0.4, -0.2) is 10.9 Å². The second-order valence-electron chi connectivity index (χ2n) is 6.74. The van der Waals surface area contributed by atoms with E-state index in [9.17, 15) is 4.79 Å². The number of carbonyl (C=O) groups is 1. The van der Waals surface area contributed by atoms with Crippen molar-refractivity contribution in [3.05, 3.63) is 90.5 Å². The summed E-state index contributed by atoms with van der Waals surface area (Å²) in [4.78, 5) is 18.0. The number of anilines is 1. The lowest BCUT2D eigenvalue weighted by molar-refractivity contribution is 0.102. The molecule has 0 aliphatic heterocycles. The van der Waals surface area contributed by atoms with Crippen molar-refractivity contribution in [2.24, 2.45) is 0 Å². The molecule has 2 aromatic carbocycles. The summed E-state index contributed by atoms with van der Waals surface area (Å²) in [5, 5.41) is 5.45. The van der Waals surface area contributed by atoms with E-state index in [0.717, 1.165) is 10.4 Å². The van der Waals surface area contributed by atoms with E-state index in [1.54, 1.807) is 49.5 Å². The number of nitrogens with one attached hydrogen (secondary N) is 1. The van der Waals surface area contributed by atoms with Crippen LogP contribution in [0.25, 0.3) is 11.3 Å². The first kappa shape index (κ1) is 22.2. The van der Waals surface area contributed by atoms with E-state index in [2.05, 4.69) is 10.3 Å². The van der Waals surface area contributed by atoms with Gasteiger partial charge in [0.25, 0.3) is 5.91 Å². The van der Waals surface area contributed by atoms with Gasteiger partial charge in [0.2, 0.25) is 0 Å². The molecule has 0 bridgehead atoms. The predicted molar refractivity (Wildman–Crippen MR) is 128 cm³/mol. The zero-order chi connectivity index (χ0) is 22.1. The molecule has 4 rings (SSSR count). The van der Waals surface area contributed by atoms with E-state index in [0.29, 0.717) is 54.3 Å². The topological polar surface area (TPSA) is 55.1 Å². The SMILES string of the molecule is Cc1oc(-c2cc(Cl)cc(Cl)c2)cc1C(=O)Nc1ncc(Cc2ccc(Cl)cc2Cl)s1. The molecule has 158 valence electrons. The van der Waals surface area contributed by atoms with Gasteiger partial charge in [0.1, 0.15) is 11.5 Å². The molecule has 2 heterocycles. The lowest BCUT2D eigenvalue weighted by Gasteiger charge is -2.02. The summed E-state index contributed by atoms with van der Waals surface area (Å²) in [6.45, 7) is 1.72. The van der Waals surface area contributed by atoms with Gasteiger partial charge in [-0.2, -0.15) is 0 Å². The predicted octanol–water partition coefficient (Wildman–Crippen LogP) is 8.17. The normalized spacial score (nSPS) is 11.0. The molecule has 9 heteroatoms. The van der Waals surface area contributed by atoms with Gasteiger partial charge in [0, 0.05) is 43.1 Å². The van der Waals surface area contributed by atoms with Crippen LogP contribution in [0.3, 0.4) is 0 Å². The molecule has 0 spiro atoms. The highest BCUT2D eigenvalue weighted by Gasteiger charge is 2.18. The first-order valence-corrected chi connectivity index (χ1v) is 11.4. The van der Waals surface area contributed by atoms with Crippen molar-refractivity contribution in [2.75, 3.05) is 5.32 Å². The van der Waals surface area contributed by atoms with Crippen molar-refractivity contribution >= 4 is 68.8 Å². The van der Waals surface area contributed by atoms with Crippen molar-refractivity contribution < 1.29 is 9.21 Å². The minimum Gasteiger partial charge on any atom is -0.461 e. The summed E-state index contributed by atoms with van der Waals surface area (Å²) in [6.07, 6.45) is 2.31. The summed E-state index contributed by atoms with van der Waals surface area (Å²) >= 11 is 25.7. The Bertz CT molecular complexity index is 1260. The van der Waals surface area contributed by atoms with Crippen LogP contribution in [0.4, 0.5) is 5.13 Å². The molecule has 2 aromatic heterocycles. The Morgan fingerprint density at radius 2 is 1.77 bits per heavy atom. The van der Waals surface area contributed by atoms with Crippen LogP contribution in [0.1, 0.15) is 26.6 Å². The molecule has 0 aliphatic carbocycles. The number of rotatable bonds is 5. The molecule has 0 unspecified atom stereocenters. The molecule has 1 N–H and O–H groups in total. The minimum atomic E-state index is -0.314. The van der Waals surface area contributed by atoms with Crippen molar-refractivity contribution in [1.29, 1.82) is 0 Å². The molecule has 0 radical (unpaired) electrons. The van der Waals surface area contributed by atoms with E-state index < -0.39 is 0 Å². The summed E-state index contributed by atoms with van der Waals surface area (Å²) in [5.41, 5.74) is 2.03. The summed E-state index contributed by atoms with van der Waals surface area (Å²) < 4.78 is 5.76. The van der Waals surface area contributed by atoms with Gasteiger partial charge in [0.05, 0.1) is 5.56 Å². The number of amides is 1. The number of hydrogen-bond donors (Lipinski definition) is 1. The van der Waals surface area contributed by atoms with Gasteiger partial charge in [-0.3, -0.25) is 10.1 Å². The Hall–Kier alpha value is -2.02. The molecule has 4 nitrogen and oxygen atoms in total. The fourth-order valence-corrected chi connectivity index (χ4v) is 4.84. The smallest absolute Gasteiger partial charge is 0.261 e. The van der Waals surface area contributed by atoms with Crippen molar-refractivity contribution in [1.82, 2.24) is 4.98 Å². The van der Waals surface area contributed by atoms with Crippen LogP contribution >= 0.6 is 57.7 Å². The zero-order valence-corrected chi connectivity index (χ0v) is 19.8. The maximum Gasteiger partial charge on any atom is 0.261 e. The lowest BCUT2D eigenvalue weighted by Crippen LogP contribution is -2.11. The number of furan rings is 1. The quantitative estimate of drug-likeness (QED) is 0.294. The average Bonchev–Trinajstić information content (AvgIpc) is 3.29. The van der Waals surface area contributed by atoms with Crippen LogP contribution in [0.15, 0.2) is 53.1 Å². The monoisotopic (exact) mass is 510 g/mol. The third kappa shape index (κ3) is 5.25. The van der Waals surface area contributed by atoms with E-state index in [-0.39, 0.29) is 5.91 Å². The summed E-state index contributed by atoms with van der Waals surface area (Å²) in [7, 11) is 0. The van der Waals surface area contributed by atoms with Gasteiger partial charge >= 0.3 is 0 Å². The largest absolute Gasteiger partial charge is 0.461 e. The molecule has 0 aliphatic rings. The van der Waals surface area contributed by atoms with E-state index in [1.165, 1.54) is 11.3 Å². The molecule has 4 aromatic rings. The third-order valence-electron chi connectivity index (χ3n) is 4.46. The van der Waals surface area contributed by atoms with Crippen molar-refractivity contribution in [2.45, 2.75) is 13.3 Å². The Morgan fingerprint density at radius 3 is 2.48 bits per heavy atom. The molecule has 1 amide bonds. The number of thiazole rings is 1. The second kappa shape index (κ2) is 9.23. The molecule has 0 fully saturated rings. The van der Waals surface area contributed by atoms with Gasteiger partial charge in [-0.1, -0.05) is 52.5 Å². The number of aryl methyl sites for hydroxylation is 1. The lowest BCUT2D eigenvalue weighted by atomic mass is 10.1. The van der Waals surface area contributed by atoms with Gasteiger partial charge in [-0.05, 0) is 48.9 Å². The van der Waals surface area contributed by atoms with E-state index in [1.807, 2.05) is 6.07 Å². The number of hydrogen-bond acceptors (Lipinski definition) is 4. The molecular formula is C22H14Cl4N2O2S. The highest BCUT2D eigenvalue weighted by Crippen LogP contribution is 2.31. The molecular weight excluding hydrogens is 498 g/mol. The highest BCUT2D eigenvalue weighted by atomic mass is 35.5. The average molecular weight is 512 g/mol. The van der Waals surface area contributed by atoms with Crippen LogP contribution in [0.2, 0.25) is 20.1 Å². The van der Waals surface area contributed by atoms with Crippen LogP contribution in [0, 0.1) is 6.92 Å². The number of carbonyl (C=O) groups excluding carboxylic acids is 1. The highest BCUT2D eigenvalue weighted by molar-refractivity contribution is 7.15. The zero-order valence-electron chi connectivity index (χ0n) is 16.0. The second-order valence-corrected chi connectivity index (χ2v) is 9.57. The molecule has 0 atom stereocenters. The Kier molecular flexibility index (Phi) is 6.60. The van der Waals surface area contributed by atoms with Crippen molar-refractivity contribution in [3.63, 3.8) is 0 Å². The Balaban J connectivity index is 1.49. The minimum absolute atomic E-state index is 0.314. The first-order chi connectivity index (χ1) is 14.8. The van der Waals surface area contributed by atoms with Gasteiger partial charge < -0.3 is 4.42 Å². The number of benzene rings is 2. The first-order valence-electron chi connectivity index (χ1n) is 9.05. The maximum absolute atomic E-state index is 12.8. The molecule has 31 heavy (non-hydrogen) atoms. The Morgan fingerprint density at radius 1 is 1.03 bits per heavy atom. The maximum atomic E-state index is 12.8. The van der Waals surface area contributed by atoms with Crippen LogP contribution < -0.4 is 5.32 Å². The third-order valence-corrected chi connectivity index (χ3v) is 6.40. The fraction of sp³-hybridized carbons (Fsp3) is 0.0909. The van der Waals surface area contributed by atoms with E-state index in [4.69, 9.17) is 50.8 Å². The summed E-state index contributed by atoms with van der Waals surface area (Å²) in [6, 6.07) is 12.1. The Labute approximate surface area is 202 Å². The standard InChI is InChI=1S/C22H14Cl4N2O2S/c1-11-18(9-20(30-11)13-4-15(24)7-16(25)5-13)21(29)28-22-27-10-17(31-22)6-12-2-3-14(23)8-19(12)26/h2-5,7-10H,6H2,1H3,(H,27,28,29). The van der Waals surface area contributed by atoms with Gasteiger partial charge in [0.15, 0.2) is 5.13 Å². The van der Waals surface area contributed by atoms with Crippen LogP contribution in [0.5, 0.6) is 0 Å². The molecule has 0 saturated heterocycles. The van der Waals surface area contributed by atoms with E-state index >= 15 is 0 Å². The van der Waals surface area contributed by atoms with Crippen LogP contribution in [-0.2, 0) is 6.42 Å². The van der Waals surface area contributed by atoms with Gasteiger partial charge in [-0.25, -0.2) is 4.98 Å². The number of halogens is 4. The number of nitrogens with zero attached hydrogens (tertiary/aromatic N) is 1. The number of aromatic nitrogens is 1. The van der Waals surface area contributed by atoms with Crippen molar-refractivity contribution in [3.8, 4) is 11.3 Å². The molecule has 0 saturated carbocycles. The summed E-state index contributed by atoms with van der Waals surface area (Å²) in [5.74, 6) is 0.670.